The number of rotatable bonds is 3. The second-order valence-electron chi connectivity index (χ2n) is 4.21. The first-order valence-electron chi connectivity index (χ1n) is 5.64. The zero-order valence-corrected chi connectivity index (χ0v) is 13.3. The van der Waals surface area contributed by atoms with Gasteiger partial charge in [-0.25, -0.2) is 0 Å². The molecule has 0 aromatic heterocycles. The van der Waals surface area contributed by atoms with Crippen molar-refractivity contribution < 1.29 is 5.11 Å². The van der Waals surface area contributed by atoms with Gasteiger partial charge in [-0.2, -0.15) is 0 Å². The smallest absolute Gasteiger partial charge is 0.139 e. The van der Waals surface area contributed by atoms with E-state index in [-0.39, 0.29) is 10.8 Å². The van der Waals surface area contributed by atoms with E-state index in [9.17, 15) is 5.11 Å². The van der Waals surface area contributed by atoms with E-state index < -0.39 is 0 Å². The van der Waals surface area contributed by atoms with Gasteiger partial charge in [-0.1, -0.05) is 45.2 Å². The van der Waals surface area contributed by atoms with E-state index in [4.69, 9.17) is 23.2 Å². The summed E-state index contributed by atoms with van der Waals surface area (Å²) in [5, 5.41) is 13.9. The van der Waals surface area contributed by atoms with E-state index in [1.54, 1.807) is 6.07 Å². The van der Waals surface area contributed by atoms with Crippen molar-refractivity contribution in [2.75, 3.05) is 5.32 Å². The third kappa shape index (κ3) is 3.56. The van der Waals surface area contributed by atoms with Crippen LogP contribution in [0, 0.1) is 6.92 Å². The van der Waals surface area contributed by atoms with Crippen LogP contribution in [0.2, 0.25) is 10.0 Å². The molecular formula is C14H12BrCl2NO. The van der Waals surface area contributed by atoms with E-state index in [2.05, 4.69) is 21.2 Å². The lowest BCUT2D eigenvalue weighted by atomic mass is 10.1. The van der Waals surface area contributed by atoms with Crippen LogP contribution in [0.25, 0.3) is 0 Å². The standard InChI is InChI=1S/C14H12BrCl2NO/c1-8-2-3-10(15)5-13(8)18-7-9-4-11(16)6-12(17)14(9)19/h2-6,18-19H,7H2,1H3. The molecule has 19 heavy (non-hydrogen) atoms. The zero-order valence-electron chi connectivity index (χ0n) is 10.2. The highest BCUT2D eigenvalue weighted by atomic mass is 79.9. The van der Waals surface area contributed by atoms with Crippen LogP contribution in [0.1, 0.15) is 11.1 Å². The molecule has 0 radical (unpaired) electrons. The van der Waals surface area contributed by atoms with Crippen LogP contribution in [-0.4, -0.2) is 5.11 Å². The fraction of sp³-hybridized carbons (Fsp3) is 0.143. The summed E-state index contributed by atoms with van der Waals surface area (Å²) in [5.41, 5.74) is 2.78. The number of aryl methyl sites for hydroxylation is 1. The van der Waals surface area contributed by atoms with E-state index in [0.717, 1.165) is 15.7 Å². The first kappa shape index (κ1) is 14.5. The molecule has 0 saturated carbocycles. The second-order valence-corrected chi connectivity index (χ2v) is 5.97. The van der Waals surface area contributed by atoms with E-state index in [1.807, 2.05) is 25.1 Å². The molecular weight excluding hydrogens is 349 g/mol. The maximum atomic E-state index is 9.88. The first-order valence-corrected chi connectivity index (χ1v) is 7.19. The Balaban J connectivity index is 2.21. The Kier molecular flexibility index (Phi) is 4.61. The number of aromatic hydroxyl groups is 1. The van der Waals surface area contributed by atoms with Crippen LogP contribution in [0.3, 0.4) is 0 Å². The van der Waals surface area contributed by atoms with E-state index in [0.29, 0.717) is 17.1 Å². The third-order valence-electron chi connectivity index (χ3n) is 2.78. The summed E-state index contributed by atoms with van der Waals surface area (Å²) in [6.45, 7) is 2.46. The van der Waals surface area contributed by atoms with Gasteiger partial charge in [-0.05, 0) is 36.8 Å². The molecule has 0 bridgehead atoms. The summed E-state index contributed by atoms with van der Waals surface area (Å²) in [7, 11) is 0. The van der Waals surface area contributed by atoms with Crippen molar-refractivity contribution in [2.24, 2.45) is 0 Å². The number of phenolic OH excluding ortho intramolecular Hbond substituents is 1. The molecule has 0 aliphatic rings. The molecule has 0 aliphatic heterocycles. The number of nitrogens with one attached hydrogen (secondary N) is 1. The highest BCUT2D eigenvalue weighted by Crippen LogP contribution is 2.32. The van der Waals surface area contributed by atoms with Crippen molar-refractivity contribution in [1.29, 1.82) is 0 Å². The molecule has 2 N–H and O–H groups in total. The Bertz CT molecular complexity index is 617. The summed E-state index contributed by atoms with van der Waals surface area (Å²) in [6.07, 6.45) is 0. The molecule has 2 aromatic carbocycles. The number of benzene rings is 2. The lowest BCUT2D eigenvalue weighted by Crippen LogP contribution is -2.01. The van der Waals surface area contributed by atoms with Crippen LogP contribution in [0.4, 0.5) is 5.69 Å². The minimum Gasteiger partial charge on any atom is -0.506 e. The van der Waals surface area contributed by atoms with E-state index in [1.165, 1.54) is 6.07 Å². The van der Waals surface area contributed by atoms with Gasteiger partial charge >= 0.3 is 0 Å². The normalized spacial score (nSPS) is 10.5. The van der Waals surface area contributed by atoms with Gasteiger partial charge < -0.3 is 10.4 Å². The Morgan fingerprint density at radius 2 is 1.95 bits per heavy atom. The molecule has 2 nitrogen and oxygen atoms in total. The second kappa shape index (κ2) is 6.04. The molecule has 2 rings (SSSR count). The van der Waals surface area contributed by atoms with Crippen LogP contribution < -0.4 is 5.32 Å². The minimum absolute atomic E-state index is 0.0613. The van der Waals surface area contributed by atoms with Gasteiger partial charge in [0.1, 0.15) is 5.75 Å². The Hall–Kier alpha value is -0.900. The Morgan fingerprint density at radius 3 is 2.68 bits per heavy atom. The molecule has 2 aromatic rings. The topological polar surface area (TPSA) is 32.3 Å². The fourth-order valence-electron chi connectivity index (χ4n) is 1.73. The molecule has 100 valence electrons. The van der Waals surface area contributed by atoms with Gasteiger partial charge in [-0.3, -0.25) is 0 Å². The minimum atomic E-state index is 0.0613. The van der Waals surface area contributed by atoms with Crippen molar-refractivity contribution >= 4 is 44.8 Å². The van der Waals surface area contributed by atoms with Crippen LogP contribution >= 0.6 is 39.1 Å². The van der Waals surface area contributed by atoms with Crippen molar-refractivity contribution in [3.05, 3.63) is 56.0 Å². The molecule has 0 amide bonds. The summed E-state index contributed by atoms with van der Waals surface area (Å²) in [4.78, 5) is 0. The predicted octanol–water partition coefficient (Wildman–Crippen LogP) is 5.38. The van der Waals surface area contributed by atoms with Gasteiger partial charge in [0.25, 0.3) is 0 Å². The summed E-state index contributed by atoms with van der Waals surface area (Å²) >= 11 is 15.2. The third-order valence-corrected chi connectivity index (χ3v) is 3.78. The van der Waals surface area contributed by atoms with Crippen LogP contribution in [0.5, 0.6) is 5.75 Å². The van der Waals surface area contributed by atoms with Crippen molar-refractivity contribution in [2.45, 2.75) is 13.5 Å². The SMILES string of the molecule is Cc1ccc(Br)cc1NCc1cc(Cl)cc(Cl)c1O. The molecule has 0 fully saturated rings. The lowest BCUT2D eigenvalue weighted by molar-refractivity contribution is 0.469. The number of hydrogen-bond donors (Lipinski definition) is 2. The van der Waals surface area contributed by atoms with Gasteiger partial charge in [-0.15, -0.1) is 0 Å². The first-order chi connectivity index (χ1) is 8.97. The summed E-state index contributed by atoms with van der Waals surface area (Å²) in [6, 6.07) is 9.19. The van der Waals surface area contributed by atoms with Gasteiger partial charge in [0.2, 0.25) is 0 Å². The van der Waals surface area contributed by atoms with Crippen molar-refractivity contribution in [3.63, 3.8) is 0 Å². The highest BCUT2D eigenvalue weighted by molar-refractivity contribution is 9.10. The largest absolute Gasteiger partial charge is 0.506 e. The lowest BCUT2D eigenvalue weighted by Gasteiger charge is -2.12. The van der Waals surface area contributed by atoms with Gasteiger partial charge in [0.15, 0.2) is 0 Å². The van der Waals surface area contributed by atoms with Crippen LogP contribution in [-0.2, 0) is 6.54 Å². The molecule has 0 atom stereocenters. The fourth-order valence-corrected chi connectivity index (χ4v) is 2.63. The van der Waals surface area contributed by atoms with Crippen molar-refractivity contribution in [3.8, 4) is 5.75 Å². The monoisotopic (exact) mass is 359 g/mol. The maximum absolute atomic E-state index is 9.88. The average molecular weight is 361 g/mol. The summed E-state index contributed by atoms with van der Waals surface area (Å²) < 4.78 is 0.994. The van der Waals surface area contributed by atoms with E-state index >= 15 is 0 Å². The number of phenols is 1. The molecule has 0 spiro atoms. The number of halogens is 3. The average Bonchev–Trinajstić information content (AvgIpc) is 2.35. The molecule has 5 heteroatoms. The number of hydrogen-bond acceptors (Lipinski definition) is 2. The van der Waals surface area contributed by atoms with Gasteiger partial charge in [0.05, 0.1) is 5.02 Å². The molecule has 0 unspecified atom stereocenters. The Morgan fingerprint density at radius 1 is 1.21 bits per heavy atom. The quantitative estimate of drug-likeness (QED) is 0.769. The maximum Gasteiger partial charge on any atom is 0.139 e. The van der Waals surface area contributed by atoms with Gasteiger partial charge in [0, 0.05) is 27.3 Å². The molecule has 0 aliphatic carbocycles. The zero-order chi connectivity index (χ0) is 14.0. The predicted molar refractivity (Wildman–Crippen MR) is 84.3 cm³/mol. The molecule has 0 saturated heterocycles. The summed E-state index contributed by atoms with van der Waals surface area (Å²) in [5.74, 6) is 0.0613. The van der Waals surface area contributed by atoms with Crippen LogP contribution in [0.15, 0.2) is 34.8 Å². The van der Waals surface area contributed by atoms with Crippen molar-refractivity contribution in [1.82, 2.24) is 0 Å². The highest BCUT2D eigenvalue weighted by Gasteiger charge is 2.08. The molecule has 0 heterocycles. The Labute approximate surface area is 130 Å². The number of anilines is 1.